The first-order valence-corrected chi connectivity index (χ1v) is 4.01. The smallest absolute Gasteiger partial charge is 0.107 e. The maximum Gasteiger partial charge on any atom is 0.107 e. The van der Waals surface area contributed by atoms with Crippen molar-refractivity contribution in [2.45, 2.75) is 39.0 Å². The molecule has 1 rings (SSSR count). The van der Waals surface area contributed by atoms with E-state index in [0.717, 1.165) is 6.42 Å². The molecular weight excluding hydrogens is 126 g/mol. The maximum absolute atomic E-state index is 9.44. The molecular formula is C8H17NO. The zero-order chi connectivity index (χ0) is 7.72. The van der Waals surface area contributed by atoms with Crippen molar-refractivity contribution in [1.82, 2.24) is 4.90 Å². The second-order valence-electron chi connectivity index (χ2n) is 3.57. The molecule has 0 aromatic heterocycles. The zero-order valence-electron chi connectivity index (χ0n) is 7.04. The van der Waals surface area contributed by atoms with Crippen LogP contribution in [0.2, 0.25) is 0 Å². The van der Waals surface area contributed by atoms with Crippen molar-refractivity contribution >= 4 is 0 Å². The minimum Gasteiger partial charge on any atom is -0.378 e. The van der Waals surface area contributed by atoms with E-state index < -0.39 is 0 Å². The van der Waals surface area contributed by atoms with Crippen LogP contribution >= 0.6 is 0 Å². The van der Waals surface area contributed by atoms with Crippen LogP contribution in [0.4, 0.5) is 0 Å². The third-order valence-corrected chi connectivity index (χ3v) is 2.52. The molecule has 1 aliphatic rings. The Morgan fingerprint density at radius 3 is 2.40 bits per heavy atom. The molecule has 1 aliphatic heterocycles. The van der Waals surface area contributed by atoms with Crippen molar-refractivity contribution in [3.8, 4) is 0 Å². The standard InChI is InChI=1S/C8H17NO/c1-6-4-7(2)9(3)8(10)5-6/h6-8,10H,4-5H2,1-3H3/t6-,7-,8-/m1/s1. The monoisotopic (exact) mass is 143 g/mol. The van der Waals surface area contributed by atoms with E-state index in [1.807, 2.05) is 11.9 Å². The lowest BCUT2D eigenvalue weighted by Gasteiger charge is -2.37. The molecule has 0 bridgehead atoms. The van der Waals surface area contributed by atoms with Crippen LogP contribution in [0.15, 0.2) is 0 Å². The molecule has 2 nitrogen and oxygen atoms in total. The van der Waals surface area contributed by atoms with E-state index in [0.29, 0.717) is 12.0 Å². The highest BCUT2D eigenvalue weighted by molar-refractivity contribution is 4.76. The van der Waals surface area contributed by atoms with Gasteiger partial charge in [-0.2, -0.15) is 0 Å². The van der Waals surface area contributed by atoms with Gasteiger partial charge >= 0.3 is 0 Å². The van der Waals surface area contributed by atoms with E-state index in [4.69, 9.17) is 0 Å². The molecule has 1 heterocycles. The van der Waals surface area contributed by atoms with Gasteiger partial charge in [0.2, 0.25) is 0 Å². The van der Waals surface area contributed by atoms with Crippen molar-refractivity contribution in [3.63, 3.8) is 0 Å². The Balaban J connectivity index is 2.49. The van der Waals surface area contributed by atoms with E-state index in [-0.39, 0.29) is 6.23 Å². The first kappa shape index (κ1) is 8.02. The number of aliphatic hydroxyl groups excluding tert-OH is 1. The zero-order valence-corrected chi connectivity index (χ0v) is 7.04. The summed E-state index contributed by atoms with van der Waals surface area (Å²) in [7, 11) is 1.99. The Morgan fingerprint density at radius 2 is 1.90 bits per heavy atom. The van der Waals surface area contributed by atoms with Crippen LogP contribution in [0, 0.1) is 5.92 Å². The predicted octanol–water partition coefficient (Wildman–Crippen LogP) is 1.05. The fourth-order valence-corrected chi connectivity index (χ4v) is 1.66. The molecule has 1 saturated heterocycles. The summed E-state index contributed by atoms with van der Waals surface area (Å²) in [6, 6.07) is 0.541. The molecule has 0 aromatic rings. The van der Waals surface area contributed by atoms with E-state index in [1.54, 1.807) is 0 Å². The molecule has 0 spiro atoms. The van der Waals surface area contributed by atoms with Crippen LogP contribution in [-0.4, -0.2) is 29.3 Å². The largest absolute Gasteiger partial charge is 0.378 e. The average Bonchev–Trinajstić information content (AvgIpc) is 1.82. The van der Waals surface area contributed by atoms with Crippen molar-refractivity contribution in [3.05, 3.63) is 0 Å². The minimum atomic E-state index is -0.209. The molecule has 0 radical (unpaired) electrons. The maximum atomic E-state index is 9.44. The third-order valence-electron chi connectivity index (χ3n) is 2.52. The highest BCUT2D eigenvalue weighted by Crippen LogP contribution is 2.24. The summed E-state index contributed by atoms with van der Waals surface area (Å²) in [5.74, 6) is 0.682. The molecule has 0 saturated carbocycles. The summed E-state index contributed by atoms with van der Waals surface area (Å²) in [5, 5.41) is 9.44. The Labute approximate surface area is 62.8 Å². The topological polar surface area (TPSA) is 23.5 Å². The number of piperidine rings is 1. The molecule has 0 aliphatic carbocycles. The fraction of sp³-hybridized carbons (Fsp3) is 1.00. The van der Waals surface area contributed by atoms with Gasteiger partial charge < -0.3 is 5.11 Å². The molecule has 0 unspecified atom stereocenters. The van der Waals surface area contributed by atoms with Crippen LogP contribution in [-0.2, 0) is 0 Å². The number of rotatable bonds is 0. The SMILES string of the molecule is C[C@@H]1C[C@@H](C)N(C)[C@H](O)C1. The van der Waals surface area contributed by atoms with Gasteiger partial charge in [0.25, 0.3) is 0 Å². The first-order valence-electron chi connectivity index (χ1n) is 4.01. The van der Waals surface area contributed by atoms with Crippen LogP contribution in [0.3, 0.4) is 0 Å². The summed E-state index contributed by atoms with van der Waals surface area (Å²) in [6.45, 7) is 4.37. The molecule has 1 N–H and O–H groups in total. The highest BCUT2D eigenvalue weighted by atomic mass is 16.3. The van der Waals surface area contributed by atoms with E-state index in [9.17, 15) is 5.11 Å². The lowest BCUT2D eigenvalue weighted by Crippen LogP contribution is -2.44. The van der Waals surface area contributed by atoms with Crippen molar-refractivity contribution in [2.24, 2.45) is 5.92 Å². The molecule has 2 heteroatoms. The molecule has 0 aromatic carbocycles. The van der Waals surface area contributed by atoms with Gasteiger partial charge in [-0.1, -0.05) is 6.92 Å². The quantitative estimate of drug-likeness (QED) is 0.548. The number of aliphatic hydroxyl groups is 1. The van der Waals surface area contributed by atoms with E-state index >= 15 is 0 Å². The Morgan fingerprint density at radius 1 is 1.30 bits per heavy atom. The minimum absolute atomic E-state index is 0.209. The van der Waals surface area contributed by atoms with Crippen LogP contribution < -0.4 is 0 Å². The van der Waals surface area contributed by atoms with E-state index in [2.05, 4.69) is 13.8 Å². The fourth-order valence-electron chi connectivity index (χ4n) is 1.66. The normalized spacial score (nSPS) is 43.8. The Hall–Kier alpha value is -0.0800. The Kier molecular flexibility index (Phi) is 2.32. The number of hydrogen-bond acceptors (Lipinski definition) is 2. The number of nitrogens with zero attached hydrogens (tertiary/aromatic N) is 1. The van der Waals surface area contributed by atoms with Gasteiger partial charge in [0.1, 0.15) is 6.23 Å². The van der Waals surface area contributed by atoms with Gasteiger partial charge in [-0.05, 0) is 32.7 Å². The van der Waals surface area contributed by atoms with Gasteiger partial charge in [-0.25, -0.2) is 0 Å². The van der Waals surface area contributed by atoms with E-state index in [1.165, 1.54) is 6.42 Å². The number of hydrogen-bond donors (Lipinski definition) is 1. The van der Waals surface area contributed by atoms with Gasteiger partial charge in [0, 0.05) is 6.04 Å². The van der Waals surface area contributed by atoms with Gasteiger partial charge in [0.05, 0.1) is 0 Å². The van der Waals surface area contributed by atoms with Crippen LogP contribution in [0.5, 0.6) is 0 Å². The Bertz CT molecular complexity index is 104. The summed E-state index contributed by atoms with van der Waals surface area (Å²) in [4.78, 5) is 2.04. The highest BCUT2D eigenvalue weighted by Gasteiger charge is 2.26. The number of likely N-dealkylation sites (tertiary alicyclic amines) is 1. The third kappa shape index (κ3) is 1.50. The lowest BCUT2D eigenvalue weighted by atomic mass is 9.93. The second-order valence-corrected chi connectivity index (χ2v) is 3.57. The second kappa shape index (κ2) is 2.89. The predicted molar refractivity (Wildman–Crippen MR) is 41.6 cm³/mol. The van der Waals surface area contributed by atoms with Gasteiger partial charge in [-0.3, -0.25) is 4.90 Å². The lowest BCUT2D eigenvalue weighted by molar-refractivity contribution is -0.0504. The molecule has 0 amide bonds. The summed E-state index contributed by atoms with van der Waals surface area (Å²) in [5.41, 5.74) is 0. The molecule has 60 valence electrons. The van der Waals surface area contributed by atoms with Gasteiger partial charge in [0.15, 0.2) is 0 Å². The van der Waals surface area contributed by atoms with Crippen molar-refractivity contribution in [2.75, 3.05) is 7.05 Å². The van der Waals surface area contributed by atoms with Crippen molar-refractivity contribution < 1.29 is 5.11 Å². The molecule has 1 fully saturated rings. The van der Waals surface area contributed by atoms with Gasteiger partial charge in [-0.15, -0.1) is 0 Å². The molecule has 10 heavy (non-hydrogen) atoms. The molecule has 3 atom stereocenters. The summed E-state index contributed by atoms with van der Waals surface area (Å²) < 4.78 is 0. The van der Waals surface area contributed by atoms with Crippen LogP contribution in [0.1, 0.15) is 26.7 Å². The first-order chi connectivity index (χ1) is 4.61. The summed E-state index contributed by atoms with van der Waals surface area (Å²) in [6.07, 6.45) is 1.94. The van der Waals surface area contributed by atoms with Crippen LogP contribution in [0.25, 0.3) is 0 Å². The summed E-state index contributed by atoms with van der Waals surface area (Å²) >= 11 is 0. The average molecular weight is 143 g/mol. The van der Waals surface area contributed by atoms with Crippen molar-refractivity contribution in [1.29, 1.82) is 0 Å².